The molecule has 0 aromatic carbocycles. The van der Waals surface area contributed by atoms with Crippen molar-refractivity contribution in [3.63, 3.8) is 0 Å². The number of hydrogen-bond acceptors (Lipinski definition) is 3. The standard InChI is InChI=1S/C13H20N2O/c1-3-14-12(10-6-4-7-10)13-11(16-2)8-5-9-15-13/h5,8-10,12,14H,3-4,6-7H2,1-2H3. The lowest BCUT2D eigenvalue weighted by Gasteiger charge is -2.34. The summed E-state index contributed by atoms with van der Waals surface area (Å²) in [4.78, 5) is 4.48. The largest absolute Gasteiger partial charge is 0.495 e. The molecule has 1 heterocycles. The van der Waals surface area contributed by atoms with Crippen molar-refractivity contribution in [3.05, 3.63) is 24.0 Å². The van der Waals surface area contributed by atoms with Crippen molar-refractivity contribution in [3.8, 4) is 5.75 Å². The minimum absolute atomic E-state index is 0.356. The van der Waals surface area contributed by atoms with E-state index in [2.05, 4.69) is 17.2 Å². The van der Waals surface area contributed by atoms with Crippen LogP contribution in [0.25, 0.3) is 0 Å². The number of methoxy groups -OCH3 is 1. The van der Waals surface area contributed by atoms with Gasteiger partial charge in [0.15, 0.2) is 0 Å². The van der Waals surface area contributed by atoms with E-state index >= 15 is 0 Å². The first-order valence-corrected chi connectivity index (χ1v) is 6.09. The Morgan fingerprint density at radius 1 is 1.56 bits per heavy atom. The van der Waals surface area contributed by atoms with Gasteiger partial charge in [-0.1, -0.05) is 13.3 Å². The molecule has 1 atom stereocenters. The molecule has 3 nitrogen and oxygen atoms in total. The van der Waals surface area contributed by atoms with Crippen LogP contribution in [0.5, 0.6) is 5.75 Å². The molecule has 1 saturated carbocycles. The second-order valence-corrected chi connectivity index (χ2v) is 4.32. The van der Waals surface area contributed by atoms with Crippen LogP contribution in [0, 0.1) is 5.92 Å². The minimum Gasteiger partial charge on any atom is -0.495 e. The van der Waals surface area contributed by atoms with Crippen molar-refractivity contribution in [2.75, 3.05) is 13.7 Å². The lowest BCUT2D eigenvalue weighted by molar-refractivity contribution is 0.225. The van der Waals surface area contributed by atoms with Gasteiger partial charge in [0.25, 0.3) is 0 Å². The molecule has 1 unspecified atom stereocenters. The summed E-state index contributed by atoms with van der Waals surface area (Å²) in [7, 11) is 1.71. The summed E-state index contributed by atoms with van der Waals surface area (Å²) in [5, 5.41) is 3.53. The summed E-state index contributed by atoms with van der Waals surface area (Å²) >= 11 is 0. The zero-order chi connectivity index (χ0) is 11.4. The topological polar surface area (TPSA) is 34.2 Å². The van der Waals surface area contributed by atoms with Crippen LogP contribution in [0.2, 0.25) is 0 Å². The van der Waals surface area contributed by atoms with Gasteiger partial charge in [-0.25, -0.2) is 0 Å². The first kappa shape index (κ1) is 11.4. The molecule has 2 rings (SSSR count). The highest BCUT2D eigenvalue weighted by Crippen LogP contribution is 2.39. The summed E-state index contributed by atoms with van der Waals surface area (Å²) in [5.41, 5.74) is 1.07. The summed E-state index contributed by atoms with van der Waals surface area (Å²) in [6.45, 7) is 3.11. The maximum Gasteiger partial charge on any atom is 0.141 e. The van der Waals surface area contributed by atoms with E-state index in [4.69, 9.17) is 4.74 Å². The van der Waals surface area contributed by atoms with Gasteiger partial charge in [-0.3, -0.25) is 4.98 Å². The number of hydrogen-bond donors (Lipinski definition) is 1. The van der Waals surface area contributed by atoms with E-state index in [0.29, 0.717) is 6.04 Å². The molecule has 3 heteroatoms. The SMILES string of the molecule is CCNC(c1ncccc1OC)C1CCC1. The van der Waals surface area contributed by atoms with Crippen molar-refractivity contribution < 1.29 is 4.74 Å². The van der Waals surface area contributed by atoms with Crippen LogP contribution in [0.15, 0.2) is 18.3 Å². The van der Waals surface area contributed by atoms with Gasteiger partial charge in [-0.2, -0.15) is 0 Å². The third kappa shape index (κ3) is 2.19. The molecule has 1 aliphatic carbocycles. The smallest absolute Gasteiger partial charge is 0.141 e. The van der Waals surface area contributed by atoms with Crippen molar-refractivity contribution in [2.24, 2.45) is 5.92 Å². The Bertz CT molecular complexity index is 336. The summed E-state index contributed by atoms with van der Waals surface area (Å²) in [5.74, 6) is 1.63. The number of rotatable bonds is 5. The minimum atomic E-state index is 0.356. The predicted molar refractivity (Wildman–Crippen MR) is 64.5 cm³/mol. The molecule has 0 radical (unpaired) electrons. The lowest BCUT2D eigenvalue weighted by Crippen LogP contribution is -2.33. The predicted octanol–water partition coefficient (Wildman–Crippen LogP) is 2.54. The van der Waals surface area contributed by atoms with Gasteiger partial charge in [0.2, 0.25) is 0 Å². The van der Waals surface area contributed by atoms with Crippen molar-refractivity contribution in [2.45, 2.75) is 32.2 Å². The van der Waals surface area contributed by atoms with E-state index in [9.17, 15) is 0 Å². The van der Waals surface area contributed by atoms with Crippen LogP contribution in [0.1, 0.15) is 37.9 Å². The Labute approximate surface area is 97.2 Å². The van der Waals surface area contributed by atoms with Crippen LogP contribution in [-0.4, -0.2) is 18.6 Å². The number of nitrogens with zero attached hydrogens (tertiary/aromatic N) is 1. The molecular formula is C13H20N2O. The maximum absolute atomic E-state index is 5.39. The molecule has 0 bridgehead atoms. The van der Waals surface area contributed by atoms with Gasteiger partial charge in [0, 0.05) is 6.20 Å². The first-order valence-electron chi connectivity index (χ1n) is 6.09. The zero-order valence-corrected chi connectivity index (χ0v) is 10.1. The molecule has 0 spiro atoms. The van der Waals surface area contributed by atoms with Crippen LogP contribution in [0.4, 0.5) is 0 Å². The molecule has 1 aromatic heterocycles. The monoisotopic (exact) mass is 220 g/mol. The first-order chi connectivity index (χ1) is 7.86. The van der Waals surface area contributed by atoms with Crippen LogP contribution >= 0.6 is 0 Å². The fraction of sp³-hybridized carbons (Fsp3) is 0.615. The zero-order valence-electron chi connectivity index (χ0n) is 10.1. The molecule has 1 fully saturated rings. The highest BCUT2D eigenvalue weighted by molar-refractivity contribution is 5.30. The number of nitrogens with one attached hydrogen (secondary N) is 1. The quantitative estimate of drug-likeness (QED) is 0.828. The molecule has 0 aliphatic heterocycles. The highest BCUT2D eigenvalue weighted by atomic mass is 16.5. The van der Waals surface area contributed by atoms with Crippen LogP contribution in [0.3, 0.4) is 0 Å². The second-order valence-electron chi connectivity index (χ2n) is 4.32. The van der Waals surface area contributed by atoms with Gasteiger partial charge >= 0.3 is 0 Å². The molecule has 0 amide bonds. The second kappa shape index (κ2) is 5.30. The van der Waals surface area contributed by atoms with Crippen molar-refractivity contribution in [1.82, 2.24) is 10.3 Å². The molecular weight excluding hydrogens is 200 g/mol. The van der Waals surface area contributed by atoms with E-state index in [1.54, 1.807) is 7.11 Å². The van der Waals surface area contributed by atoms with E-state index in [-0.39, 0.29) is 0 Å². The van der Waals surface area contributed by atoms with Crippen LogP contribution < -0.4 is 10.1 Å². The van der Waals surface area contributed by atoms with E-state index in [1.807, 2.05) is 18.3 Å². The van der Waals surface area contributed by atoms with Gasteiger partial charge in [0.05, 0.1) is 18.8 Å². The van der Waals surface area contributed by atoms with E-state index < -0.39 is 0 Å². The third-order valence-electron chi connectivity index (χ3n) is 3.36. The lowest BCUT2D eigenvalue weighted by atomic mass is 9.78. The highest BCUT2D eigenvalue weighted by Gasteiger charge is 2.30. The van der Waals surface area contributed by atoms with Crippen LogP contribution in [-0.2, 0) is 0 Å². The average Bonchev–Trinajstić information content (AvgIpc) is 2.26. The summed E-state index contributed by atoms with van der Waals surface area (Å²) in [6.07, 6.45) is 5.80. The van der Waals surface area contributed by atoms with Gasteiger partial charge < -0.3 is 10.1 Å². The molecule has 1 N–H and O–H groups in total. The van der Waals surface area contributed by atoms with Gasteiger partial charge in [-0.15, -0.1) is 0 Å². The number of aromatic nitrogens is 1. The maximum atomic E-state index is 5.39. The van der Waals surface area contributed by atoms with Crippen molar-refractivity contribution >= 4 is 0 Å². The summed E-state index contributed by atoms with van der Waals surface area (Å²) in [6, 6.07) is 4.27. The Hall–Kier alpha value is -1.09. The molecule has 1 aliphatic rings. The van der Waals surface area contributed by atoms with Gasteiger partial charge in [0.1, 0.15) is 5.75 Å². The average molecular weight is 220 g/mol. The molecule has 88 valence electrons. The molecule has 0 saturated heterocycles. The Balaban J connectivity index is 2.22. The van der Waals surface area contributed by atoms with E-state index in [1.165, 1.54) is 19.3 Å². The molecule has 16 heavy (non-hydrogen) atoms. The fourth-order valence-corrected chi connectivity index (χ4v) is 2.29. The van der Waals surface area contributed by atoms with E-state index in [0.717, 1.165) is 23.9 Å². The molecule has 1 aromatic rings. The van der Waals surface area contributed by atoms with Gasteiger partial charge in [-0.05, 0) is 37.4 Å². The normalized spacial score (nSPS) is 17.9. The fourth-order valence-electron chi connectivity index (χ4n) is 2.29. The Morgan fingerprint density at radius 3 is 2.94 bits per heavy atom. The summed E-state index contributed by atoms with van der Waals surface area (Å²) < 4.78 is 5.39. The number of pyridine rings is 1. The Kier molecular flexibility index (Phi) is 3.78. The Morgan fingerprint density at radius 2 is 2.38 bits per heavy atom. The third-order valence-corrected chi connectivity index (χ3v) is 3.36. The number of ether oxygens (including phenoxy) is 1. The van der Waals surface area contributed by atoms with Crippen molar-refractivity contribution in [1.29, 1.82) is 0 Å².